The lowest BCUT2D eigenvalue weighted by Crippen LogP contribution is -2.33. The Balaban J connectivity index is 2.07. The van der Waals surface area contributed by atoms with Crippen LogP contribution in [0, 0.1) is 0 Å². The Morgan fingerprint density at radius 1 is 1.62 bits per heavy atom. The summed E-state index contributed by atoms with van der Waals surface area (Å²) in [6.07, 6.45) is 3.02. The van der Waals surface area contributed by atoms with Crippen molar-refractivity contribution in [2.24, 2.45) is 0 Å². The molecule has 1 aliphatic rings. The Labute approximate surface area is 95.6 Å². The number of rotatable bonds is 4. The van der Waals surface area contributed by atoms with E-state index in [0.717, 1.165) is 25.2 Å². The van der Waals surface area contributed by atoms with Crippen LogP contribution in [0.5, 0.6) is 0 Å². The molecule has 1 N–H and O–H groups in total. The first-order valence-electron chi connectivity index (χ1n) is 5.75. The summed E-state index contributed by atoms with van der Waals surface area (Å²) >= 11 is 0. The van der Waals surface area contributed by atoms with E-state index in [0.29, 0.717) is 12.3 Å². The molecule has 1 aliphatic heterocycles. The van der Waals surface area contributed by atoms with Crippen molar-refractivity contribution in [2.45, 2.75) is 44.8 Å². The van der Waals surface area contributed by atoms with Gasteiger partial charge < -0.3 is 14.6 Å². The van der Waals surface area contributed by atoms with E-state index in [2.05, 4.69) is 22.4 Å². The quantitative estimate of drug-likeness (QED) is 0.835. The van der Waals surface area contributed by atoms with E-state index in [-0.39, 0.29) is 11.6 Å². The molecule has 5 nitrogen and oxygen atoms in total. The van der Waals surface area contributed by atoms with Gasteiger partial charge in [0.1, 0.15) is 0 Å². The number of hydrogen-bond acceptors (Lipinski definition) is 5. The van der Waals surface area contributed by atoms with E-state index in [4.69, 9.17) is 9.26 Å². The molecule has 0 amide bonds. The van der Waals surface area contributed by atoms with Crippen molar-refractivity contribution < 1.29 is 9.26 Å². The third-order valence-corrected chi connectivity index (χ3v) is 3.18. The van der Waals surface area contributed by atoms with E-state index in [1.165, 1.54) is 0 Å². The molecule has 2 unspecified atom stereocenters. The molecule has 1 aromatic heterocycles. The van der Waals surface area contributed by atoms with Gasteiger partial charge >= 0.3 is 0 Å². The van der Waals surface area contributed by atoms with Gasteiger partial charge in [-0.1, -0.05) is 5.16 Å². The fourth-order valence-electron chi connectivity index (χ4n) is 1.98. The second-order valence-electron chi connectivity index (χ2n) is 4.63. The van der Waals surface area contributed by atoms with E-state index < -0.39 is 0 Å². The van der Waals surface area contributed by atoms with Gasteiger partial charge in [0.05, 0.1) is 11.6 Å². The number of methoxy groups -OCH3 is 1. The Bertz CT molecular complexity index is 345. The van der Waals surface area contributed by atoms with E-state index in [9.17, 15) is 0 Å². The summed E-state index contributed by atoms with van der Waals surface area (Å²) in [6.45, 7) is 5.12. The monoisotopic (exact) mass is 225 g/mol. The standard InChI is InChI=1S/C11H19N3O2/c1-8(15-3)7-9-13-10(16-14-9)11(2)5-4-6-12-11/h8,12H,4-7H2,1-3H3. The maximum atomic E-state index is 5.32. The molecule has 16 heavy (non-hydrogen) atoms. The zero-order chi connectivity index (χ0) is 11.6. The van der Waals surface area contributed by atoms with Crippen LogP contribution in [0.4, 0.5) is 0 Å². The lowest BCUT2D eigenvalue weighted by atomic mass is 10.0. The third-order valence-electron chi connectivity index (χ3n) is 3.18. The zero-order valence-electron chi connectivity index (χ0n) is 10.1. The van der Waals surface area contributed by atoms with Crippen molar-refractivity contribution in [2.75, 3.05) is 13.7 Å². The SMILES string of the molecule is COC(C)Cc1noc(C2(C)CCCN2)n1. The highest BCUT2D eigenvalue weighted by Crippen LogP contribution is 2.28. The van der Waals surface area contributed by atoms with Crippen LogP contribution >= 0.6 is 0 Å². The van der Waals surface area contributed by atoms with Gasteiger partial charge in [0.25, 0.3) is 0 Å². The van der Waals surface area contributed by atoms with Crippen LogP contribution in [0.2, 0.25) is 0 Å². The molecular formula is C11H19N3O2. The average molecular weight is 225 g/mol. The minimum Gasteiger partial charge on any atom is -0.381 e. The summed E-state index contributed by atoms with van der Waals surface area (Å²) in [5.41, 5.74) is -0.137. The first kappa shape index (κ1) is 11.5. The molecule has 0 saturated carbocycles. The predicted octanol–water partition coefficient (Wildman–Crippen LogP) is 1.25. The number of nitrogens with one attached hydrogen (secondary N) is 1. The molecule has 2 heterocycles. The molecule has 2 atom stereocenters. The third kappa shape index (κ3) is 2.25. The Hall–Kier alpha value is -0.940. The van der Waals surface area contributed by atoms with E-state index in [1.807, 2.05) is 6.92 Å². The van der Waals surface area contributed by atoms with Crippen LogP contribution in [0.25, 0.3) is 0 Å². The minimum atomic E-state index is -0.137. The molecule has 0 spiro atoms. The molecule has 2 rings (SSSR count). The summed E-state index contributed by atoms with van der Waals surface area (Å²) in [6, 6.07) is 0. The van der Waals surface area contributed by atoms with Gasteiger partial charge in [0, 0.05) is 13.5 Å². The maximum Gasteiger partial charge on any atom is 0.246 e. The fraction of sp³-hybridized carbons (Fsp3) is 0.818. The van der Waals surface area contributed by atoms with Crippen molar-refractivity contribution in [3.63, 3.8) is 0 Å². The van der Waals surface area contributed by atoms with Crippen LogP contribution in [-0.2, 0) is 16.7 Å². The Kier molecular flexibility index (Phi) is 3.25. The van der Waals surface area contributed by atoms with Crippen molar-refractivity contribution in [1.82, 2.24) is 15.5 Å². The van der Waals surface area contributed by atoms with Gasteiger partial charge in [-0.2, -0.15) is 4.98 Å². The summed E-state index contributed by atoms with van der Waals surface area (Å²) in [5.74, 6) is 1.42. The molecule has 0 bridgehead atoms. The summed E-state index contributed by atoms with van der Waals surface area (Å²) < 4.78 is 10.5. The molecule has 1 saturated heterocycles. The highest BCUT2D eigenvalue weighted by molar-refractivity contribution is 5.04. The van der Waals surface area contributed by atoms with Gasteiger partial charge in [0.2, 0.25) is 5.89 Å². The lowest BCUT2D eigenvalue weighted by Gasteiger charge is -2.18. The van der Waals surface area contributed by atoms with E-state index >= 15 is 0 Å². The Morgan fingerprint density at radius 2 is 2.44 bits per heavy atom. The number of aromatic nitrogens is 2. The van der Waals surface area contributed by atoms with Crippen LogP contribution in [0.15, 0.2) is 4.52 Å². The molecule has 5 heteroatoms. The predicted molar refractivity (Wildman–Crippen MR) is 59.1 cm³/mol. The van der Waals surface area contributed by atoms with Crippen molar-refractivity contribution in [3.05, 3.63) is 11.7 Å². The zero-order valence-corrected chi connectivity index (χ0v) is 10.1. The van der Waals surface area contributed by atoms with E-state index in [1.54, 1.807) is 7.11 Å². The number of nitrogens with zero attached hydrogens (tertiary/aromatic N) is 2. The van der Waals surface area contributed by atoms with Crippen molar-refractivity contribution in [1.29, 1.82) is 0 Å². The topological polar surface area (TPSA) is 60.2 Å². The van der Waals surface area contributed by atoms with Crippen LogP contribution < -0.4 is 5.32 Å². The van der Waals surface area contributed by atoms with Crippen LogP contribution in [0.3, 0.4) is 0 Å². The van der Waals surface area contributed by atoms with Gasteiger partial charge in [-0.05, 0) is 33.2 Å². The second kappa shape index (κ2) is 4.51. The molecular weight excluding hydrogens is 206 g/mol. The normalized spacial score (nSPS) is 27.2. The molecule has 90 valence electrons. The fourth-order valence-corrected chi connectivity index (χ4v) is 1.98. The summed E-state index contributed by atoms with van der Waals surface area (Å²) in [5, 5.41) is 7.39. The minimum absolute atomic E-state index is 0.120. The largest absolute Gasteiger partial charge is 0.381 e. The van der Waals surface area contributed by atoms with Gasteiger partial charge in [0.15, 0.2) is 5.82 Å². The highest BCUT2D eigenvalue weighted by Gasteiger charge is 2.35. The maximum absolute atomic E-state index is 5.32. The second-order valence-corrected chi connectivity index (χ2v) is 4.63. The van der Waals surface area contributed by atoms with Gasteiger partial charge in [-0.25, -0.2) is 0 Å². The van der Waals surface area contributed by atoms with Gasteiger partial charge in [-0.3, -0.25) is 0 Å². The highest BCUT2D eigenvalue weighted by atomic mass is 16.5. The first-order valence-corrected chi connectivity index (χ1v) is 5.75. The molecule has 0 aliphatic carbocycles. The van der Waals surface area contributed by atoms with Crippen molar-refractivity contribution in [3.8, 4) is 0 Å². The number of ether oxygens (including phenoxy) is 1. The number of hydrogen-bond donors (Lipinski definition) is 1. The molecule has 0 aromatic carbocycles. The molecule has 1 aromatic rings. The van der Waals surface area contributed by atoms with Crippen LogP contribution in [0.1, 0.15) is 38.4 Å². The summed E-state index contributed by atoms with van der Waals surface area (Å²) in [4.78, 5) is 4.43. The smallest absolute Gasteiger partial charge is 0.246 e. The first-order chi connectivity index (χ1) is 7.64. The molecule has 1 fully saturated rings. The molecule has 0 radical (unpaired) electrons. The van der Waals surface area contributed by atoms with Crippen LogP contribution in [-0.4, -0.2) is 29.9 Å². The van der Waals surface area contributed by atoms with Gasteiger partial charge in [-0.15, -0.1) is 0 Å². The summed E-state index contributed by atoms with van der Waals surface area (Å²) in [7, 11) is 1.69. The Morgan fingerprint density at radius 3 is 3.06 bits per heavy atom. The van der Waals surface area contributed by atoms with Crippen molar-refractivity contribution >= 4 is 0 Å². The average Bonchev–Trinajstić information content (AvgIpc) is 2.88. The lowest BCUT2D eigenvalue weighted by molar-refractivity contribution is 0.116.